The molecule has 2 unspecified atom stereocenters. The van der Waals surface area contributed by atoms with Gasteiger partial charge in [-0.25, -0.2) is 0 Å². The minimum absolute atomic E-state index is 0.206. The van der Waals surface area contributed by atoms with E-state index in [-0.39, 0.29) is 6.42 Å². The van der Waals surface area contributed by atoms with E-state index in [1.54, 1.807) is 0 Å². The monoisotopic (exact) mass is 273 g/mol. The van der Waals surface area contributed by atoms with Crippen LogP contribution in [0.5, 0.6) is 0 Å². The number of carboxylic acid groups (broad SMARTS) is 1. The van der Waals surface area contributed by atoms with E-state index in [0.29, 0.717) is 12.5 Å². The van der Waals surface area contributed by atoms with E-state index in [1.165, 1.54) is 32.1 Å². The van der Waals surface area contributed by atoms with Gasteiger partial charge in [-0.2, -0.15) is 0 Å². The number of hydrogen-bond donors (Lipinski definition) is 2. The van der Waals surface area contributed by atoms with Crippen molar-refractivity contribution in [3.05, 3.63) is 29.8 Å². The summed E-state index contributed by atoms with van der Waals surface area (Å²) in [5, 5.41) is 12.5. The van der Waals surface area contributed by atoms with Gasteiger partial charge in [0.15, 0.2) is 0 Å². The van der Waals surface area contributed by atoms with Crippen molar-refractivity contribution in [2.24, 2.45) is 11.8 Å². The molecule has 3 rings (SSSR count). The molecular formula is C17H23NO2. The van der Waals surface area contributed by atoms with Crippen LogP contribution in [0.1, 0.15) is 44.1 Å². The maximum atomic E-state index is 10.6. The van der Waals surface area contributed by atoms with Crippen LogP contribution in [0.3, 0.4) is 0 Å². The topological polar surface area (TPSA) is 49.3 Å². The normalized spacial score (nSPS) is 25.6. The van der Waals surface area contributed by atoms with Crippen molar-refractivity contribution in [2.75, 3.05) is 5.32 Å². The van der Waals surface area contributed by atoms with Gasteiger partial charge in [0.25, 0.3) is 0 Å². The Balaban J connectivity index is 1.61. The highest BCUT2D eigenvalue weighted by Gasteiger charge is 2.39. The molecule has 2 saturated carbocycles. The van der Waals surface area contributed by atoms with Crippen molar-refractivity contribution in [1.29, 1.82) is 0 Å². The number of rotatable bonds is 6. The first kappa shape index (κ1) is 13.5. The molecule has 108 valence electrons. The average Bonchev–Trinajstić information content (AvgIpc) is 3.18. The molecule has 0 amide bonds. The second-order valence-electron chi connectivity index (χ2n) is 6.28. The standard InChI is InChI=1S/C17H23NO2/c19-17(20)10-7-12-3-1-4-14(11-12)18-16-6-2-5-15(16)13-8-9-13/h1,3-4,11,13,15-16,18H,2,5-10H2,(H,19,20). The summed E-state index contributed by atoms with van der Waals surface area (Å²) in [7, 11) is 0. The Morgan fingerprint density at radius 2 is 2.10 bits per heavy atom. The van der Waals surface area contributed by atoms with E-state index < -0.39 is 5.97 Å². The fourth-order valence-corrected chi connectivity index (χ4v) is 3.54. The predicted octanol–water partition coefficient (Wildman–Crippen LogP) is 3.69. The van der Waals surface area contributed by atoms with Crippen LogP contribution < -0.4 is 5.32 Å². The van der Waals surface area contributed by atoms with Gasteiger partial charge in [-0.3, -0.25) is 4.79 Å². The van der Waals surface area contributed by atoms with Gasteiger partial charge in [0.1, 0.15) is 0 Å². The van der Waals surface area contributed by atoms with Crippen LogP contribution in [-0.4, -0.2) is 17.1 Å². The molecule has 0 aromatic heterocycles. The van der Waals surface area contributed by atoms with Crippen molar-refractivity contribution in [1.82, 2.24) is 0 Å². The molecule has 2 aliphatic carbocycles. The Kier molecular flexibility index (Phi) is 3.95. The van der Waals surface area contributed by atoms with E-state index in [2.05, 4.69) is 17.4 Å². The number of carbonyl (C=O) groups is 1. The van der Waals surface area contributed by atoms with Gasteiger partial charge in [-0.05, 0) is 61.6 Å². The second-order valence-corrected chi connectivity index (χ2v) is 6.28. The minimum atomic E-state index is -0.729. The second kappa shape index (κ2) is 5.86. The first-order chi connectivity index (χ1) is 9.72. The highest BCUT2D eigenvalue weighted by atomic mass is 16.4. The molecule has 3 nitrogen and oxygen atoms in total. The van der Waals surface area contributed by atoms with Gasteiger partial charge in [0.05, 0.1) is 0 Å². The third-order valence-corrected chi connectivity index (χ3v) is 4.70. The van der Waals surface area contributed by atoms with Crippen molar-refractivity contribution < 1.29 is 9.90 Å². The van der Waals surface area contributed by atoms with Gasteiger partial charge < -0.3 is 10.4 Å². The molecule has 1 aromatic rings. The van der Waals surface area contributed by atoms with Gasteiger partial charge >= 0.3 is 5.97 Å². The molecule has 1 aromatic carbocycles. The maximum Gasteiger partial charge on any atom is 0.303 e. The molecule has 3 heteroatoms. The van der Waals surface area contributed by atoms with Gasteiger partial charge in [-0.15, -0.1) is 0 Å². The van der Waals surface area contributed by atoms with E-state index in [1.807, 2.05) is 12.1 Å². The van der Waals surface area contributed by atoms with E-state index in [4.69, 9.17) is 5.11 Å². The zero-order chi connectivity index (χ0) is 13.9. The Labute approximate surface area is 120 Å². The largest absolute Gasteiger partial charge is 0.481 e. The Hall–Kier alpha value is -1.51. The molecule has 2 atom stereocenters. The van der Waals surface area contributed by atoms with Crippen LogP contribution in [0.15, 0.2) is 24.3 Å². The molecule has 0 saturated heterocycles. The number of benzene rings is 1. The Morgan fingerprint density at radius 1 is 1.25 bits per heavy atom. The zero-order valence-corrected chi connectivity index (χ0v) is 11.8. The summed E-state index contributed by atoms with van der Waals surface area (Å²) in [4.78, 5) is 10.6. The van der Waals surface area contributed by atoms with Crippen LogP contribution in [0.2, 0.25) is 0 Å². The summed E-state index contributed by atoms with van der Waals surface area (Å²) < 4.78 is 0. The summed E-state index contributed by atoms with van der Waals surface area (Å²) in [6.45, 7) is 0. The summed E-state index contributed by atoms with van der Waals surface area (Å²) in [6, 6.07) is 8.89. The highest BCUT2D eigenvalue weighted by molar-refractivity contribution is 5.67. The quantitative estimate of drug-likeness (QED) is 0.831. The molecule has 0 radical (unpaired) electrons. The molecule has 2 N–H and O–H groups in total. The van der Waals surface area contributed by atoms with Gasteiger partial charge in [0, 0.05) is 18.2 Å². The van der Waals surface area contributed by atoms with Gasteiger partial charge in [-0.1, -0.05) is 18.6 Å². The third-order valence-electron chi connectivity index (χ3n) is 4.70. The summed E-state index contributed by atoms with van der Waals surface area (Å²) in [6.07, 6.45) is 7.65. The fourth-order valence-electron chi connectivity index (χ4n) is 3.54. The van der Waals surface area contributed by atoms with Crippen molar-refractivity contribution >= 4 is 11.7 Å². The molecular weight excluding hydrogens is 250 g/mol. The minimum Gasteiger partial charge on any atom is -0.481 e. The summed E-state index contributed by atoms with van der Waals surface area (Å²) in [5.41, 5.74) is 2.27. The van der Waals surface area contributed by atoms with Crippen LogP contribution in [0, 0.1) is 11.8 Å². The fraction of sp³-hybridized carbons (Fsp3) is 0.588. The summed E-state index contributed by atoms with van der Waals surface area (Å²) in [5.74, 6) is 1.09. The number of nitrogens with one attached hydrogen (secondary N) is 1. The maximum absolute atomic E-state index is 10.6. The van der Waals surface area contributed by atoms with Crippen molar-refractivity contribution in [3.8, 4) is 0 Å². The lowest BCUT2D eigenvalue weighted by molar-refractivity contribution is -0.136. The Morgan fingerprint density at radius 3 is 2.85 bits per heavy atom. The average molecular weight is 273 g/mol. The van der Waals surface area contributed by atoms with Crippen molar-refractivity contribution in [2.45, 2.75) is 51.0 Å². The van der Waals surface area contributed by atoms with E-state index in [0.717, 1.165) is 23.1 Å². The molecule has 0 spiro atoms. The van der Waals surface area contributed by atoms with Crippen LogP contribution in [-0.2, 0) is 11.2 Å². The molecule has 0 bridgehead atoms. The number of hydrogen-bond acceptors (Lipinski definition) is 2. The van der Waals surface area contributed by atoms with Crippen LogP contribution in [0.4, 0.5) is 5.69 Å². The third kappa shape index (κ3) is 3.33. The molecule has 20 heavy (non-hydrogen) atoms. The molecule has 0 heterocycles. The van der Waals surface area contributed by atoms with Gasteiger partial charge in [0.2, 0.25) is 0 Å². The number of carboxylic acids is 1. The molecule has 2 fully saturated rings. The van der Waals surface area contributed by atoms with E-state index >= 15 is 0 Å². The first-order valence-corrected chi connectivity index (χ1v) is 7.79. The lowest BCUT2D eigenvalue weighted by atomic mass is 9.97. The van der Waals surface area contributed by atoms with Crippen LogP contribution in [0.25, 0.3) is 0 Å². The Bertz CT molecular complexity index is 482. The van der Waals surface area contributed by atoms with E-state index in [9.17, 15) is 4.79 Å². The van der Waals surface area contributed by atoms with Crippen molar-refractivity contribution in [3.63, 3.8) is 0 Å². The number of aliphatic carboxylic acids is 1. The smallest absolute Gasteiger partial charge is 0.303 e. The lowest BCUT2D eigenvalue weighted by Gasteiger charge is -2.22. The zero-order valence-electron chi connectivity index (χ0n) is 11.8. The molecule has 2 aliphatic rings. The highest BCUT2D eigenvalue weighted by Crippen LogP contribution is 2.45. The first-order valence-electron chi connectivity index (χ1n) is 7.79. The van der Waals surface area contributed by atoms with Crippen LogP contribution >= 0.6 is 0 Å². The molecule has 0 aliphatic heterocycles. The lowest BCUT2D eigenvalue weighted by Crippen LogP contribution is -2.25. The number of aryl methyl sites for hydroxylation is 1. The SMILES string of the molecule is O=C(O)CCc1cccc(NC2CCCC2C2CC2)c1. The summed E-state index contributed by atoms with van der Waals surface area (Å²) >= 11 is 0. The number of anilines is 1. The predicted molar refractivity (Wildman–Crippen MR) is 79.9 cm³/mol.